The first-order valence-corrected chi connectivity index (χ1v) is 9.13. The van der Waals surface area contributed by atoms with Crippen molar-refractivity contribution in [2.45, 2.75) is 44.9 Å². The van der Waals surface area contributed by atoms with Crippen LogP contribution >= 0.6 is 0 Å². The SMILES string of the molecule is CCCc1nc(C)cc(N2CCC3(CC2)C(=O)Nc2ccccc23)n1. The molecule has 5 heteroatoms. The highest BCUT2D eigenvalue weighted by Crippen LogP contribution is 2.45. The summed E-state index contributed by atoms with van der Waals surface area (Å²) >= 11 is 0. The van der Waals surface area contributed by atoms with Crippen molar-refractivity contribution in [1.29, 1.82) is 0 Å². The molecule has 0 aliphatic carbocycles. The maximum atomic E-state index is 12.7. The second-order valence-corrected chi connectivity index (χ2v) is 7.10. The fourth-order valence-electron chi connectivity index (χ4n) is 4.10. The van der Waals surface area contributed by atoms with Gasteiger partial charge in [0.1, 0.15) is 11.6 Å². The quantitative estimate of drug-likeness (QED) is 0.935. The van der Waals surface area contributed by atoms with Gasteiger partial charge in [-0.05, 0) is 37.8 Å². The number of hydrogen-bond donors (Lipinski definition) is 1. The number of anilines is 2. The number of para-hydroxylation sites is 1. The predicted octanol–water partition coefficient (Wildman–Crippen LogP) is 3.23. The second-order valence-electron chi connectivity index (χ2n) is 7.10. The van der Waals surface area contributed by atoms with E-state index in [4.69, 9.17) is 4.98 Å². The van der Waals surface area contributed by atoms with E-state index in [2.05, 4.69) is 34.3 Å². The van der Waals surface area contributed by atoms with Crippen LogP contribution in [-0.4, -0.2) is 29.0 Å². The Hall–Kier alpha value is -2.43. The van der Waals surface area contributed by atoms with Crippen LogP contribution in [0, 0.1) is 6.92 Å². The maximum Gasteiger partial charge on any atom is 0.235 e. The monoisotopic (exact) mass is 336 g/mol. The molecule has 2 aliphatic rings. The van der Waals surface area contributed by atoms with E-state index in [0.717, 1.165) is 67.4 Å². The molecule has 3 heterocycles. The fourth-order valence-corrected chi connectivity index (χ4v) is 4.10. The Balaban J connectivity index is 1.57. The zero-order valence-corrected chi connectivity index (χ0v) is 14.9. The van der Waals surface area contributed by atoms with Gasteiger partial charge in [0.15, 0.2) is 0 Å². The van der Waals surface area contributed by atoms with Crippen LogP contribution in [0.1, 0.15) is 43.3 Å². The molecule has 0 bridgehead atoms. The van der Waals surface area contributed by atoms with Gasteiger partial charge in [0.05, 0.1) is 5.41 Å². The molecule has 1 aromatic heterocycles. The number of aromatic nitrogens is 2. The first-order valence-electron chi connectivity index (χ1n) is 9.13. The third kappa shape index (κ3) is 2.68. The Morgan fingerprint density at radius 3 is 2.72 bits per heavy atom. The summed E-state index contributed by atoms with van der Waals surface area (Å²) in [5, 5.41) is 3.06. The Labute approximate surface area is 148 Å². The van der Waals surface area contributed by atoms with Crippen molar-refractivity contribution in [3.63, 3.8) is 0 Å². The van der Waals surface area contributed by atoms with E-state index in [0.29, 0.717) is 0 Å². The Bertz CT molecular complexity index is 809. The topological polar surface area (TPSA) is 58.1 Å². The molecule has 0 unspecified atom stereocenters. The molecule has 1 amide bonds. The molecular formula is C20H24N4O. The molecule has 1 fully saturated rings. The summed E-state index contributed by atoms with van der Waals surface area (Å²) in [6.07, 6.45) is 3.59. The highest BCUT2D eigenvalue weighted by molar-refractivity contribution is 6.06. The van der Waals surface area contributed by atoms with Crippen molar-refractivity contribution in [2.24, 2.45) is 0 Å². The molecular weight excluding hydrogens is 312 g/mol. The van der Waals surface area contributed by atoms with Gasteiger partial charge in [-0.1, -0.05) is 25.1 Å². The van der Waals surface area contributed by atoms with Crippen molar-refractivity contribution >= 4 is 17.4 Å². The summed E-state index contributed by atoms with van der Waals surface area (Å²) in [4.78, 5) is 24.3. The Morgan fingerprint density at radius 2 is 1.96 bits per heavy atom. The minimum atomic E-state index is -0.374. The zero-order chi connectivity index (χ0) is 17.4. The molecule has 1 spiro atoms. The Kier molecular flexibility index (Phi) is 3.94. The van der Waals surface area contributed by atoms with Gasteiger partial charge >= 0.3 is 0 Å². The number of carbonyl (C=O) groups excluding carboxylic acids is 1. The van der Waals surface area contributed by atoms with E-state index in [-0.39, 0.29) is 11.3 Å². The minimum absolute atomic E-state index is 0.152. The molecule has 25 heavy (non-hydrogen) atoms. The highest BCUT2D eigenvalue weighted by Gasteiger charge is 2.48. The number of nitrogens with one attached hydrogen (secondary N) is 1. The van der Waals surface area contributed by atoms with E-state index >= 15 is 0 Å². The van der Waals surface area contributed by atoms with Crippen molar-refractivity contribution in [1.82, 2.24) is 9.97 Å². The molecule has 2 aromatic rings. The number of fused-ring (bicyclic) bond motifs is 2. The molecule has 130 valence electrons. The number of amides is 1. The summed E-state index contributed by atoms with van der Waals surface area (Å²) in [6, 6.07) is 10.2. The molecule has 0 radical (unpaired) electrons. The fraction of sp³-hybridized carbons (Fsp3) is 0.450. The van der Waals surface area contributed by atoms with Crippen LogP contribution in [-0.2, 0) is 16.6 Å². The van der Waals surface area contributed by atoms with E-state index in [1.165, 1.54) is 0 Å². The first kappa shape index (κ1) is 16.1. The smallest absolute Gasteiger partial charge is 0.235 e. The van der Waals surface area contributed by atoms with Crippen LogP contribution in [0.5, 0.6) is 0 Å². The van der Waals surface area contributed by atoms with Gasteiger partial charge in [0.25, 0.3) is 0 Å². The largest absolute Gasteiger partial charge is 0.356 e. The lowest BCUT2D eigenvalue weighted by Crippen LogP contribution is -2.46. The van der Waals surface area contributed by atoms with Gasteiger partial charge < -0.3 is 10.2 Å². The maximum absolute atomic E-state index is 12.7. The molecule has 0 saturated carbocycles. The summed E-state index contributed by atoms with van der Waals surface area (Å²) < 4.78 is 0. The molecule has 4 rings (SSSR count). The minimum Gasteiger partial charge on any atom is -0.356 e. The third-order valence-corrected chi connectivity index (χ3v) is 5.43. The predicted molar refractivity (Wildman–Crippen MR) is 99.0 cm³/mol. The van der Waals surface area contributed by atoms with Crippen LogP contribution in [0.4, 0.5) is 11.5 Å². The zero-order valence-electron chi connectivity index (χ0n) is 14.9. The summed E-state index contributed by atoms with van der Waals surface area (Å²) in [5.41, 5.74) is 2.77. The average molecular weight is 336 g/mol. The third-order valence-electron chi connectivity index (χ3n) is 5.43. The lowest BCUT2D eigenvalue weighted by molar-refractivity contribution is -0.121. The van der Waals surface area contributed by atoms with Crippen molar-refractivity contribution < 1.29 is 4.79 Å². The molecule has 1 N–H and O–H groups in total. The molecule has 2 aliphatic heterocycles. The van der Waals surface area contributed by atoms with Gasteiger partial charge in [-0.2, -0.15) is 0 Å². The molecule has 1 saturated heterocycles. The number of rotatable bonds is 3. The average Bonchev–Trinajstić information content (AvgIpc) is 2.87. The van der Waals surface area contributed by atoms with Gasteiger partial charge in [-0.25, -0.2) is 9.97 Å². The number of aryl methyl sites for hydroxylation is 2. The molecule has 5 nitrogen and oxygen atoms in total. The van der Waals surface area contributed by atoms with Crippen molar-refractivity contribution in [2.75, 3.05) is 23.3 Å². The number of nitrogens with zero attached hydrogens (tertiary/aromatic N) is 3. The summed E-state index contributed by atoms with van der Waals surface area (Å²) in [6.45, 7) is 5.84. The van der Waals surface area contributed by atoms with Crippen LogP contribution < -0.4 is 10.2 Å². The van der Waals surface area contributed by atoms with Crippen molar-refractivity contribution in [3.05, 3.63) is 47.4 Å². The van der Waals surface area contributed by atoms with Crippen molar-refractivity contribution in [3.8, 4) is 0 Å². The second kappa shape index (κ2) is 6.14. The first-order chi connectivity index (χ1) is 12.1. The summed E-state index contributed by atoms with van der Waals surface area (Å²) in [7, 11) is 0. The van der Waals surface area contributed by atoms with Crippen LogP contribution in [0.3, 0.4) is 0 Å². The van der Waals surface area contributed by atoms with E-state index in [9.17, 15) is 4.79 Å². The number of piperidine rings is 1. The van der Waals surface area contributed by atoms with E-state index < -0.39 is 0 Å². The van der Waals surface area contributed by atoms with E-state index in [1.54, 1.807) is 0 Å². The molecule has 0 atom stereocenters. The molecule has 1 aromatic carbocycles. The summed E-state index contributed by atoms with van der Waals surface area (Å²) in [5.74, 6) is 2.07. The number of carbonyl (C=O) groups is 1. The van der Waals surface area contributed by atoms with Gasteiger partial charge in [-0.3, -0.25) is 4.79 Å². The Morgan fingerprint density at radius 1 is 1.20 bits per heavy atom. The van der Waals surface area contributed by atoms with Crippen LogP contribution in [0.25, 0.3) is 0 Å². The van der Waals surface area contributed by atoms with E-state index in [1.807, 2.05) is 25.1 Å². The van der Waals surface area contributed by atoms with Crippen LogP contribution in [0.2, 0.25) is 0 Å². The number of hydrogen-bond acceptors (Lipinski definition) is 4. The van der Waals surface area contributed by atoms with Gasteiger partial charge in [0.2, 0.25) is 5.91 Å². The highest BCUT2D eigenvalue weighted by atomic mass is 16.2. The van der Waals surface area contributed by atoms with Gasteiger partial charge in [-0.15, -0.1) is 0 Å². The lowest BCUT2D eigenvalue weighted by Gasteiger charge is -2.38. The standard InChI is InChI=1S/C20H24N4O/c1-3-6-17-21-14(2)13-18(23-17)24-11-9-20(10-12-24)15-7-4-5-8-16(15)22-19(20)25/h4-5,7-8,13H,3,6,9-12H2,1-2H3,(H,22,25). The van der Waals surface area contributed by atoms with Gasteiger partial charge in [0, 0.05) is 37.0 Å². The lowest BCUT2D eigenvalue weighted by atomic mass is 9.73. The number of benzene rings is 1. The normalized spacial score (nSPS) is 18.3. The van der Waals surface area contributed by atoms with Crippen LogP contribution in [0.15, 0.2) is 30.3 Å².